The van der Waals surface area contributed by atoms with Gasteiger partial charge in [-0.15, -0.1) is 11.3 Å². The average molecular weight is 415 g/mol. The van der Waals surface area contributed by atoms with Crippen molar-refractivity contribution in [1.82, 2.24) is 0 Å². The fourth-order valence-corrected chi connectivity index (χ4v) is 3.48. The molecule has 2 heterocycles. The van der Waals surface area contributed by atoms with Gasteiger partial charge in [-0.05, 0) is 35.7 Å². The van der Waals surface area contributed by atoms with Gasteiger partial charge in [0.05, 0.1) is 15.6 Å². The molecular formula is C20H15ClN2O4S. The monoisotopic (exact) mass is 414 g/mol. The summed E-state index contributed by atoms with van der Waals surface area (Å²) in [7, 11) is 0. The van der Waals surface area contributed by atoms with Gasteiger partial charge in [-0.3, -0.25) is 9.59 Å². The van der Waals surface area contributed by atoms with E-state index < -0.39 is 0 Å². The van der Waals surface area contributed by atoms with Crippen LogP contribution in [0.3, 0.4) is 0 Å². The molecule has 4 rings (SSSR count). The summed E-state index contributed by atoms with van der Waals surface area (Å²) in [5.74, 6) is 0.586. The number of hydrogen-bond donors (Lipinski definition) is 2. The second-order valence-electron chi connectivity index (χ2n) is 5.94. The Morgan fingerprint density at radius 1 is 0.929 bits per heavy atom. The molecule has 2 aromatic carbocycles. The molecule has 0 saturated carbocycles. The summed E-state index contributed by atoms with van der Waals surface area (Å²) >= 11 is 7.59. The lowest BCUT2D eigenvalue weighted by molar-refractivity contribution is 0.102. The lowest BCUT2D eigenvalue weighted by atomic mass is 10.2. The van der Waals surface area contributed by atoms with E-state index in [-0.39, 0.29) is 11.8 Å². The van der Waals surface area contributed by atoms with Gasteiger partial charge < -0.3 is 20.1 Å². The average Bonchev–Trinajstić information content (AvgIpc) is 3.24. The third kappa shape index (κ3) is 3.95. The number of carbonyl (C=O) groups excluding carboxylic acids is 2. The molecule has 2 N–H and O–H groups in total. The minimum Gasteiger partial charge on any atom is -0.486 e. The Morgan fingerprint density at radius 3 is 2.32 bits per heavy atom. The molecule has 0 unspecified atom stereocenters. The third-order valence-electron chi connectivity index (χ3n) is 4.03. The van der Waals surface area contributed by atoms with Crippen molar-refractivity contribution in [2.24, 2.45) is 0 Å². The molecule has 8 heteroatoms. The molecule has 28 heavy (non-hydrogen) atoms. The molecule has 142 valence electrons. The summed E-state index contributed by atoms with van der Waals surface area (Å²) < 4.78 is 11.0. The number of thiophene rings is 1. The number of nitrogens with one attached hydrogen (secondary N) is 2. The second-order valence-corrected chi connectivity index (χ2v) is 7.29. The quantitative estimate of drug-likeness (QED) is 0.650. The molecule has 0 atom stereocenters. The normalized spacial score (nSPS) is 12.3. The predicted octanol–water partition coefficient (Wildman–Crippen LogP) is 4.68. The summed E-state index contributed by atoms with van der Waals surface area (Å²) in [5, 5.41) is 7.76. The number of halogens is 1. The Bertz CT molecular complexity index is 1020. The van der Waals surface area contributed by atoms with E-state index in [0.717, 1.165) is 0 Å². The molecule has 3 aromatic rings. The molecule has 0 saturated heterocycles. The zero-order chi connectivity index (χ0) is 19.5. The zero-order valence-corrected chi connectivity index (χ0v) is 16.1. The second kappa shape index (κ2) is 7.92. The molecule has 1 aromatic heterocycles. The van der Waals surface area contributed by atoms with Crippen molar-refractivity contribution >= 4 is 46.1 Å². The highest BCUT2D eigenvalue weighted by atomic mass is 35.5. The minimum absolute atomic E-state index is 0.185. The number of fused-ring (bicyclic) bond motifs is 1. The van der Waals surface area contributed by atoms with Gasteiger partial charge in [-0.1, -0.05) is 17.7 Å². The maximum atomic E-state index is 12.5. The number of ether oxygens (including phenoxy) is 2. The highest BCUT2D eigenvalue weighted by molar-refractivity contribution is 7.12. The van der Waals surface area contributed by atoms with Crippen LogP contribution in [-0.2, 0) is 0 Å². The number of amides is 2. The maximum absolute atomic E-state index is 12.5. The smallest absolute Gasteiger partial charge is 0.265 e. The molecule has 0 radical (unpaired) electrons. The third-order valence-corrected chi connectivity index (χ3v) is 5.21. The first-order valence-electron chi connectivity index (χ1n) is 8.45. The highest BCUT2D eigenvalue weighted by Crippen LogP contribution is 2.38. The van der Waals surface area contributed by atoms with Gasteiger partial charge in [0, 0.05) is 23.4 Å². The van der Waals surface area contributed by atoms with Gasteiger partial charge in [0.2, 0.25) is 0 Å². The summed E-state index contributed by atoms with van der Waals surface area (Å²) in [5.41, 5.74) is 1.47. The Labute approximate surface area is 170 Å². The summed E-state index contributed by atoms with van der Waals surface area (Å²) in [6.45, 7) is 0.908. The summed E-state index contributed by atoms with van der Waals surface area (Å²) in [4.78, 5) is 25.2. The SMILES string of the molecule is O=C(Nc1cc2c(cc1Cl)OCCO2)c1ccc(NC(=O)c2cccs2)cc1. The zero-order valence-electron chi connectivity index (χ0n) is 14.5. The van der Waals surface area contributed by atoms with E-state index in [1.165, 1.54) is 11.3 Å². The number of anilines is 2. The van der Waals surface area contributed by atoms with Crippen LogP contribution in [0.4, 0.5) is 11.4 Å². The minimum atomic E-state index is -0.324. The number of benzene rings is 2. The molecular weight excluding hydrogens is 400 g/mol. The predicted molar refractivity (Wildman–Crippen MR) is 109 cm³/mol. The first-order valence-corrected chi connectivity index (χ1v) is 9.71. The maximum Gasteiger partial charge on any atom is 0.265 e. The van der Waals surface area contributed by atoms with E-state index in [1.54, 1.807) is 42.5 Å². The Kier molecular flexibility index (Phi) is 5.18. The molecule has 6 nitrogen and oxygen atoms in total. The van der Waals surface area contributed by atoms with Gasteiger partial charge in [0.25, 0.3) is 11.8 Å². The van der Waals surface area contributed by atoms with E-state index in [4.69, 9.17) is 21.1 Å². The standard InChI is InChI=1S/C20H15ClN2O4S/c21-14-10-16-17(27-8-7-26-16)11-15(14)23-19(24)12-3-5-13(6-4-12)22-20(25)18-2-1-9-28-18/h1-6,9-11H,7-8H2,(H,22,25)(H,23,24). The van der Waals surface area contributed by atoms with E-state index in [1.807, 2.05) is 11.4 Å². The van der Waals surface area contributed by atoms with Crippen molar-refractivity contribution in [2.75, 3.05) is 23.8 Å². The van der Waals surface area contributed by atoms with Crippen molar-refractivity contribution in [1.29, 1.82) is 0 Å². The van der Waals surface area contributed by atoms with Crippen molar-refractivity contribution in [3.63, 3.8) is 0 Å². The van der Waals surface area contributed by atoms with E-state index in [2.05, 4.69) is 10.6 Å². The van der Waals surface area contributed by atoms with Crippen molar-refractivity contribution in [3.8, 4) is 11.5 Å². The van der Waals surface area contributed by atoms with Crippen LogP contribution in [0.5, 0.6) is 11.5 Å². The summed E-state index contributed by atoms with van der Waals surface area (Å²) in [6.07, 6.45) is 0. The highest BCUT2D eigenvalue weighted by Gasteiger charge is 2.17. The topological polar surface area (TPSA) is 76.7 Å². The van der Waals surface area contributed by atoms with E-state index in [0.29, 0.717) is 51.6 Å². The van der Waals surface area contributed by atoms with Crippen LogP contribution in [-0.4, -0.2) is 25.0 Å². The fourth-order valence-electron chi connectivity index (χ4n) is 2.66. The fraction of sp³-hybridized carbons (Fsp3) is 0.100. The lowest BCUT2D eigenvalue weighted by Gasteiger charge is -2.20. The summed E-state index contributed by atoms with van der Waals surface area (Å²) in [6, 6.07) is 13.4. The van der Waals surface area contributed by atoms with Gasteiger partial charge >= 0.3 is 0 Å². The number of hydrogen-bond acceptors (Lipinski definition) is 5. The van der Waals surface area contributed by atoms with Crippen molar-refractivity contribution in [3.05, 3.63) is 69.4 Å². The molecule has 2 amide bonds. The van der Waals surface area contributed by atoms with Crippen LogP contribution in [0.2, 0.25) is 5.02 Å². The molecule has 0 bridgehead atoms. The first kappa shape index (κ1) is 18.3. The van der Waals surface area contributed by atoms with Crippen LogP contribution in [0.1, 0.15) is 20.0 Å². The van der Waals surface area contributed by atoms with Crippen LogP contribution in [0.25, 0.3) is 0 Å². The largest absolute Gasteiger partial charge is 0.486 e. The number of carbonyl (C=O) groups is 2. The molecule has 0 spiro atoms. The Morgan fingerprint density at radius 2 is 1.64 bits per heavy atom. The van der Waals surface area contributed by atoms with Crippen LogP contribution in [0.15, 0.2) is 53.9 Å². The lowest BCUT2D eigenvalue weighted by Crippen LogP contribution is -2.17. The molecule has 1 aliphatic heterocycles. The molecule has 1 aliphatic rings. The Hall–Kier alpha value is -3.03. The van der Waals surface area contributed by atoms with Gasteiger partial charge in [0.15, 0.2) is 11.5 Å². The van der Waals surface area contributed by atoms with Crippen molar-refractivity contribution < 1.29 is 19.1 Å². The van der Waals surface area contributed by atoms with Gasteiger partial charge in [0.1, 0.15) is 13.2 Å². The molecule has 0 aliphatic carbocycles. The van der Waals surface area contributed by atoms with Crippen LogP contribution < -0.4 is 20.1 Å². The molecule has 0 fully saturated rings. The first-order chi connectivity index (χ1) is 13.6. The van der Waals surface area contributed by atoms with Crippen LogP contribution >= 0.6 is 22.9 Å². The number of rotatable bonds is 4. The Balaban J connectivity index is 1.44. The van der Waals surface area contributed by atoms with E-state index >= 15 is 0 Å². The van der Waals surface area contributed by atoms with Gasteiger partial charge in [-0.2, -0.15) is 0 Å². The van der Waals surface area contributed by atoms with E-state index in [9.17, 15) is 9.59 Å². The van der Waals surface area contributed by atoms with Crippen molar-refractivity contribution in [2.45, 2.75) is 0 Å². The van der Waals surface area contributed by atoms with Gasteiger partial charge in [-0.25, -0.2) is 0 Å². The van der Waals surface area contributed by atoms with Crippen LogP contribution in [0, 0.1) is 0 Å².